The standard InChI is InChI=1S/C15H34N2/c1-6-9-14(16)10-11-17(12-13(4)5)15(7-2)8-3/h13-15H,6-12,16H2,1-5H3. The summed E-state index contributed by atoms with van der Waals surface area (Å²) in [7, 11) is 0. The van der Waals surface area contributed by atoms with Gasteiger partial charge in [0.05, 0.1) is 0 Å². The van der Waals surface area contributed by atoms with Gasteiger partial charge in [0.15, 0.2) is 0 Å². The first-order chi connectivity index (χ1) is 8.04. The summed E-state index contributed by atoms with van der Waals surface area (Å²) in [5, 5.41) is 0. The predicted molar refractivity (Wildman–Crippen MR) is 78.3 cm³/mol. The lowest BCUT2D eigenvalue weighted by atomic mass is 10.0. The van der Waals surface area contributed by atoms with E-state index in [1.807, 2.05) is 0 Å². The van der Waals surface area contributed by atoms with E-state index >= 15 is 0 Å². The number of hydrogen-bond acceptors (Lipinski definition) is 2. The lowest BCUT2D eigenvalue weighted by Gasteiger charge is -2.32. The third kappa shape index (κ3) is 7.77. The summed E-state index contributed by atoms with van der Waals surface area (Å²) >= 11 is 0. The molecule has 2 nitrogen and oxygen atoms in total. The highest BCUT2D eigenvalue weighted by atomic mass is 15.2. The zero-order valence-electron chi connectivity index (χ0n) is 12.7. The number of nitrogens with two attached hydrogens (primary N) is 1. The van der Waals surface area contributed by atoms with Gasteiger partial charge >= 0.3 is 0 Å². The molecule has 1 unspecified atom stereocenters. The van der Waals surface area contributed by atoms with Crippen molar-refractivity contribution in [2.24, 2.45) is 11.7 Å². The molecule has 0 aromatic rings. The zero-order valence-corrected chi connectivity index (χ0v) is 12.7. The summed E-state index contributed by atoms with van der Waals surface area (Å²) in [6.07, 6.45) is 6.03. The van der Waals surface area contributed by atoms with Crippen molar-refractivity contribution in [1.29, 1.82) is 0 Å². The lowest BCUT2D eigenvalue weighted by molar-refractivity contribution is 0.159. The maximum absolute atomic E-state index is 6.12. The fourth-order valence-corrected chi connectivity index (χ4v) is 2.54. The monoisotopic (exact) mass is 242 g/mol. The Labute approximate surface area is 109 Å². The molecule has 0 aromatic carbocycles. The van der Waals surface area contributed by atoms with Crippen LogP contribution >= 0.6 is 0 Å². The van der Waals surface area contributed by atoms with Crippen molar-refractivity contribution < 1.29 is 0 Å². The van der Waals surface area contributed by atoms with E-state index in [0.29, 0.717) is 6.04 Å². The van der Waals surface area contributed by atoms with Crippen molar-refractivity contribution in [3.8, 4) is 0 Å². The average Bonchev–Trinajstić information content (AvgIpc) is 2.27. The third-order valence-electron chi connectivity index (χ3n) is 3.51. The second kappa shape index (κ2) is 9.90. The van der Waals surface area contributed by atoms with Gasteiger partial charge in [-0.1, -0.05) is 41.0 Å². The van der Waals surface area contributed by atoms with Crippen molar-refractivity contribution in [2.75, 3.05) is 13.1 Å². The maximum atomic E-state index is 6.12. The van der Waals surface area contributed by atoms with Gasteiger partial charge in [0.1, 0.15) is 0 Å². The van der Waals surface area contributed by atoms with E-state index in [-0.39, 0.29) is 0 Å². The number of nitrogens with zero attached hydrogens (tertiary/aromatic N) is 1. The van der Waals surface area contributed by atoms with Crippen LogP contribution in [0.4, 0.5) is 0 Å². The lowest BCUT2D eigenvalue weighted by Crippen LogP contribution is -2.40. The molecule has 1 atom stereocenters. The summed E-state index contributed by atoms with van der Waals surface area (Å²) < 4.78 is 0. The highest BCUT2D eigenvalue weighted by Gasteiger charge is 2.16. The van der Waals surface area contributed by atoms with E-state index in [1.165, 1.54) is 38.8 Å². The molecule has 2 heteroatoms. The van der Waals surface area contributed by atoms with Gasteiger partial charge in [-0.15, -0.1) is 0 Å². The molecule has 0 saturated carbocycles. The molecular formula is C15H34N2. The Hall–Kier alpha value is -0.0800. The molecule has 0 bridgehead atoms. The van der Waals surface area contributed by atoms with Gasteiger partial charge < -0.3 is 10.6 Å². The van der Waals surface area contributed by atoms with Crippen molar-refractivity contribution in [3.63, 3.8) is 0 Å². The Balaban J connectivity index is 4.17. The molecule has 0 aliphatic carbocycles. The molecule has 2 N–H and O–H groups in total. The summed E-state index contributed by atoms with van der Waals surface area (Å²) in [6, 6.07) is 1.13. The molecule has 0 radical (unpaired) electrons. The van der Waals surface area contributed by atoms with Gasteiger partial charge in [0.2, 0.25) is 0 Å². The van der Waals surface area contributed by atoms with Crippen molar-refractivity contribution in [1.82, 2.24) is 4.90 Å². The van der Waals surface area contributed by atoms with Crippen LogP contribution in [0.2, 0.25) is 0 Å². The molecule has 0 rings (SSSR count). The topological polar surface area (TPSA) is 29.3 Å². The summed E-state index contributed by atoms with van der Waals surface area (Å²) in [5.74, 6) is 0.748. The molecular weight excluding hydrogens is 208 g/mol. The minimum absolute atomic E-state index is 0.393. The Kier molecular flexibility index (Phi) is 9.85. The molecule has 0 aliphatic heterocycles. The third-order valence-corrected chi connectivity index (χ3v) is 3.51. The quantitative estimate of drug-likeness (QED) is 0.633. The first-order valence-corrected chi connectivity index (χ1v) is 7.54. The molecule has 0 saturated heterocycles. The van der Waals surface area contributed by atoms with Crippen LogP contribution < -0.4 is 5.73 Å². The van der Waals surface area contributed by atoms with Crippen LogP contribution in [-0.2, 0) is 0 Å². The first-order valence-electron chi connectivity index (χ1n) is 7.54. The predicted octanol–water partition coefficient (Wildman–Crippen LogP) is 3.65. The Morgan fingerprint density at radius 1 is 1.00 bits per heavy atom. The second-order valence-electron chi connectivity index (χ2n) is 5.70. The van der Waals surface area contributed by atoms with Gasteiger partial charge in [-0.2, -0.15) is 0 Å². The van der Waals surface area contributed by atoms with Crippen LogP contribution in [0.5, 0.6) is 0 Å². The van der Waals surface area contributed by atoms with E-state index in [1.54, 1.807) is 0 Å². The summed E-state index contributed by atoms with van der Waals surface area (Å²) in [6.45, 7) is 13.8. The Morgan fingerprint density at radius 3 is 2.00 bits per heavy atom. The molecule has 0 heterocycles. The van der Waals surface area contributed by atoms with Gasteiger partial charge in [0.25, 0.3) is 0 Å². The SMILES string of the molecule is CCCC(N)CCN(CC(C)C)C(CC)CC. The van der Waals surface area contributed by atoms with Gasteiger partial charge in [-0.25, -0.2) is 0 Å². The molecule has 0 aromatic heterocycles. The highest BCUT2D eigenvalue weighted by Crippen LogP contribution is 2.13. The molecule has 17 heavy (non-hydrogen) atoms. The first kappa shape index (κ1) is 16.9. The normalized spacial score (nSPS) is 13.9. The second-order valence-corrected chi connectivity index (χ2v) is 5.70. The van der Waals surface area contributed by atoms with Crippen LogP contribution in [0.25, 0.3) is 0 Å². The summed E-state index contributed by atoms with van der Waals surface area (Å²) in [4.78, 5) is 2.65. The minimum Gasteiger partial charge on any atom is -0.328 e. The van der Waals surface area contributed by atoms with Crippen LogP contribution in [0.1, 0.15) is 66.7 Å². The number of rotatable bonds is 10. The van der Waals surface area contributed by atoms with Gasteiger partial charge in [-0.3, -0.25) is 0 Å². The van der Waals surface area contributed by atoms with Crippen molar-refractivity contribution in [2.45, 2.75) is 78.8 Å². The highest BCUT2D eigenvalue weighted by molar-refractivity contribution is 4.73. The largest absolute Gasteiger partial charge is 0.328 e. The fraction of sp³-hybridized carbons (Fsp3) is 1.00. The Bertz CT molecular complexity index is 164. The van der Waals surface area contributed by atoms with Crippen molar-refractivity contribution >= 4 is 0 Å². The number of hydrogen-bond donors (Lipinski definition) is 1. The van der Waals surface area contributed by atoms with Crippen molar-refractivity contribution in [3.05, 3.63) is 0 Å². The van der Waals surface area contributed by atoms with E-state index in [9.17, 15) is 0 Å². The van der Waals surface area contributed by atoms with E-state index in [4.69, 9.17) is 5.73 Å². The molecule has 0 amide bonds. The van der Waals surface area contributed by atoms with Gasteiger partial charge in [0, 0.05) is 18.6 Å². The fourth-order valence-electron chi connectivity index (χ4n) is 2.54. The smallest absolute Gasteiger partial charge is 0.00901 e. The molecule has 0 aliphatic rings. The molecule has 104 valence electrons. The van der Waals surface area contributed by atoms with E-state index in [0.717, 1.165) is 18.4 Å². The van der Waals surface area contributed by atoms with E-state index in [2.05, 4.69) is 39.5 Å². The Morgan fingerprint density at radius 2 is 1.59 bits per heavy atom. The minimum atomic E-state index is 0.393. The van der Waals surface area contributed by atoms with Crippen LogP contribution in [-0.4, -0.2) is 30.1 Å². The van der Waals surface area contributed by atoms with Gasteiger partial charge in [-0.05, 0) is 38.1 Å². The molecule has 0 fully saturated rings. The van der Waals surface area contributed by atoms with Crippen LogP contribution in [0.3, 0.4) is 0 Å². The zero-order chi connectivity index (χ0) is 13.3. The maximum Gasteiger partial charge on any atom is 0.00901 e. The summed E-state index contributed by atoms with van der Waals surface area (Å²) in [5.41, 5.74) is 6.12. The molecule has 0 spiro atoms. The van der Waals surface area contributed by atoms with E-state index < -0.39 is 0 Å². The van der Waals surface area contributed by atoms with Crippen LogP contribution in [0.15, 0.2) is 0 Å². The average molecular weight is 242 g/mol. The van der Waals surface area contributed by atoms with Crippen LogP contribution in [0, 0.1) is 5.92 Å².